The smallest absolute Gasteiger partial charge is 0.228 e. The number of anilines is 2. The van der Waals surface area contributed by atoms with Gasteiger partial charge in [0.05, 0.1) is 11.0 Å². The molecule has 1 amide bonds. The third-order valence-corrected chi connectivity index (χ3v) is 4.93. The number of carbonyl (C=O) groups excluding carboxylic acids is 1. The lowest BCUT2D eigenvalue weighted by molar-refractivity contribution is -0.119. The zero-order chi connectivity index (χ0) is 15.6. The van der Waals surface area contributed by atoms with Crippen molar-refractivity contribution in [2.45, 2.75) is 38.5 Å². The molecule has 2 aromatic rings. The third kappa shape index (κ3) is 2.87. The van der Waals surface area contributed by atoms with Gasteiger partial charge in [-0.25, -0.2) is 9.97 Å². The van der Waals surface area contributed by atoms with E-state index in [1.807, 2.05) is 24.3 Å². The fourth-order valence-electron chi connectivity index (χ4n) is 3.63. The molecule has 0 unspecified atom stereocenters. The van der Waals surface area contributed by atoms with Crippen LogP contribution >= 0.6 is 0 Å². The van der Waals surface area contributed by atoms with E-state index in [9.17, 15) is 4.79 Å². The first kappa shape index (κ1) is 14.4. The number of nitrogens with zero attached hydrogens (tertiary/aromatic N) is 3. The van der Waals surface area contributed by atoms with Crippen LogP contribution in [-0.2, 0) is 4.79 Å². The molecule has 0 atom stereocenters. The standard InChI is InChI=1S/C18H22N4O/c23-18(13-7-1-2-8-13)21-16-17(22-11-5-6-12-22)20-15-10-4-3-9-14(15)19-16/h3-4,9-10,13H,1-2,5-8,11-12H2,(H,19,21,23). The molecular weight excluding hydrogens is 288 g/mol. The first-order chi connectivity index (χ1) is 11.3. The van der Waals surface area contributed by atoms with Crippen LogP contribution in [0.5, 0.6) is 0 Å². The van der Waals surface area contributed by atoms with Gasteiger partial charge in [0.1, 0.15) is 0 Å². The van der Waals surface area contributed by atoms with Gasteiger partial charge in [-0.15, -0.1) is 0 Å². The minimum atomic E-state index is 0.104. The minimum Gasteiger partial charge on any atom is -0.354 e. The number of hydrogen-bond donors (Lipinski definition) is 1. The van der Waals surface area contributed by atoms with E-state index in [4.69, 9.17) is 9.97 Å². The molecule has 0 radical (unpaired) electrons. The van der Waals surface area contributed by atoms with Crippen molar-refractivity contribution in [2.75, 3.05) is 23.3 Å². The molecular formula is C18H22N4O. The number of benzene rings is 1. The minimum absolute atomic E-state index is 0.104. The molecule has 0 bridgehead atoms. The van der Waals surface area contributed by atoms with Gasteiger partial charge in [0, 0.05) is 19.0 Å². The maximum Gasteiger partial charge on any atom is 0.228 e. The summed E-state index contributed by atoms with van der Waals surface area (Å²) in [6.07, 6.45) is 6.63. The van der Waals surface area contributed by atoms with E-state index in [1.54, 1.807) is 0 Å². The second-order valence-corrected chi connectivity index (χ2v) is 6.55. The van der Waals surface area contributed by atoms with Crippen LogP contribution in [-0.4, -0.2) is 29.0 Å². The molecule has 5 heteroatoms. The van der Waals surface area contributed by atoms with Crippen LogP contribution in [0, 0.1) is 5.92 Å². The maximum atomic E-state index is 12.5. The molecule has 1 N–H and O–H groups in total. The Morgan fingerprint density at radius 3 is 2.35 bits per heavy atom. The summed E-state index contributed by atoms with van der Waals surface area (Å²) in [5, 5.41) is 3.07. The summed E-state index contributed by atoms with van der Waals surface area (Å²) in [6.45, 7) is 1.97. The molecule has 1 saturated heterocycles. The molecule has 1 aliphatic heterocycles. The first-order valence-corrected chi connectivity index (χ1v) is 8.64. The van der Waals surface area contributed by atoms with Gasteiger partial charge < -0.3 is 10.2 Å². The van der Waals surface area contributed by atoms with Crippen LogP contribution in [0.15, 0.2) is 24.3 Å². The number of carbonyl (C=O) groups is 1. The molecule has 120 valence electrons. The van der Waals surface area contributed by atoms with E-state index < -0.39 is 0 Å². The summed E-state index contributed by atoms with van der Waals surface area (Å²) in [7, 11) is 0. The SMILES string of the molecule is O=C(Nc1nc2ccccc2nc1N1CCCC1)C1CCCC1. The molecule has 5 nitrogen and oxygen atoms in total. The summed E-state index contributed by atoms with van der Waals surface area (Å²) in [5.74, 6) is 1.69. The lowest BCUT2D eigenvalue weighted by Gasteiger charge is -2.21. The fraction of sp³-hybridized carbons (Fsp3) is 0.500. The van der Waals surface area contributed by atoms with Crippen molar-refractivity contribution in [3.05, 3.63) is 24.3 Å². The molecule has 0 spiro atoms. The largest absolute Gasteiger partial charge is 0.354 e. The Bertz CT molecular complexity index is 718. The summed E-state index contributed by atoms with van der Waals surface area (Å²) in [4.78, 5) is 24.2. The average Bonchev–Trinajstić information content (AvgIpc) is 3.27. The Hall–Kier alpha value is -2.17. The van der Waals surface area contributed by atoms with Gasteiger partial charge in [0.25, 0.3) is 0 Å². The highest BCUT2D eigenvalue weighted by atomic mass is 16.2. The first-order valence-electron chi connectivity index (χ1n) is 8.64. The number of para-hydroxylation sites is 2. The zero-order valence-corrected chi connectivity index (χ0v) is 13.3. The topological polar surface area (TPSA) is 58.1 Å². The fourth-order valence-corrected chi connectivity index (χ4v) is 3.63. The predicted molar refractivity (Wildman–Crippen MR) is 91.6 cm³/mol. The Labute approximate surface area is 136 Å². The van der Waals surface area contributed by atoms with Crippen LogP contribution in [0.2, 0.25) is 0 Å². The molecule has 1 aromatic carbocycles. The summed E-state index contributed by atoms with van der Waals surface area (Å²) in [5.41, 5.74) is 1.71. The zero-order valence-electron chi connectivity index (χ0n) is 13.3. The molecule has 2 heterocycles. The van der Waals surface area contributed by atoms with E-state index in [0.29, 0.717) is 5.82 Å². The number of fused-ring (bicyclic) bond motifs is 1. The summed E-state index contributed by atoms with van der Waals surface area (Å²) >= 11 is 0. The maximum absolute atomic E-state index is 12.5. The van der Waals surface area contributed by atoms with Crippen molar-refractivity contribution < 1.29 is 4.79 Å². The number of hydrogen-bond acceptors (Lipinski definition) is 4. The molecule has 2 fully saturated rings. The monoisotopic (exact) mass is 310 g/mol. The van der Waals surface area contributed by atoms with Crippen LogP contribution in [0.4, 0.5) is 11.6 Å². The Balaban J connectivity index is 1.69. The lowest BCUT2D eigenvalue weighted by Crippen LogP contribution is -2.26. The number of aromatic nitrogens is 2. The van der Waals surface area contributed by atoms with Crippen LogP contribution in [0.25, 0.3) is 11.0 Å². The Morgan fingerprint density at radius 2 is 1.65 bits per heavy atom. The van der Waals surface area contributed by atoms with E-state index in [1.165, 1.54) is 12.8 Å². The van der Waals surface area contributed by atoms with E-state index in [2.05, 4.69) is 10.2 Å². The molecule has 1 aromatic heterocycles. The normalized spacial score (nSPS) is 18.7. The highest BCUT2D eigenvalue weighted by Gasteiger charge is 2.26. The highest BCUT2D eigenvalue weighted by molar-refractivity contribution is 5.95. The van der Waals surface area contributed by atoms with Crippen molar-refractivity contribution in [2.24, 2.45) is 5.92 Å². The van der Waals surface area contributed by atoms with Gasteiger partial charge in [-0.1, -0.05) is 25.0 Å². The molecule has 4 rings (SSSR count). The number of amides is 1. The van der Waals surface area contributed by atoms with Crippen LogP contribution in [0.3, 0.4) is 0 Å². The quantitative estimate of drug-likeness (QED) is 0.944. The van der Waals surface area contributed by atoms with E-state index in [0.717, 1.165) is 55.6 Å². The molecule has 1 aliphatic carbocycles. The molecule has 23 heavy (non-hydrogen) atoms. The average molecular weight is 310 g/mol. The number of nitrogens with one attached hydrogen (secondary N) is 1. The van der Waals surface area contributed by atoms with Gasteiger partial charge >= 0.3 is 0 Å². The Morgan fingerprint density at radius 1 is 1.00 bits per heavy atom. The summed E-state index contributed by atoms with van der Waals surface area (Å²) in [6, 6.07) is 7.85. The van der Waals surface area contributed by atoms with E-state index >= 15 is 0 Å². The molecule has 1 saturated carbocycles. The third-order valence-electron chi connectivity index (χ3n) is 4.93. The summed E-state index contributed by atoms with van der Waals surface area (Å²) < 4.78 is 0. The molecule has 2 aliphatic rings. The second-order valence-electron chi connectivity index (χ2n) is 6.55. The second kappa shape index (κ2) is 6.14. The van der Waals surface area contributed by atoms with Crippen molar-refractivity contribution in [3.8, 4) is 0 Å². The van der Waals surface area contributed by atoms with Gasteiger partial charge in [-0.3, -0.25) is 4.79 Å². The van der Waals surface area contributed by atoms with Gasteiger partial charge in [-0.05, 0) is 37.8 Å². The Kier molecular flexibility index (Phi) is 3.85. The van der Waals surface area contributed by atoms with Crippen molar-refractivity contribution in [3.63, 3.8) is 0 Å². The highest BCUT2D eigenvalue weighted by Crippen LogP contribution is 2.30. The lowest BCUT2D eigenvalue weighted by atomic mass is 10.1. The number of rotatable bonds is 3. The van der Waals surface area contributed by atoms with Crippen LogP contribution in [0.1, 0.15) is 38.5 Å². The van der Waals surface area contributed by atoms with E-state index in [-0.39, 0.29) is 11.8 Å². The van der Waals surface area contributed by atoms with Crippen LogP contribution < -0.4 is 10.2 Å². The van der Waals surface area contributed by atoms with Crippen molar-refractivity contribution in [1.82, 2.24) is 9.97 Å². The van der Waals surface area contributed by atoms with Gasteiger partial charge in [0.15, 0.2) is 11.6 Å². The predicted octanol–water partition coefficient (Wildman–Crippen LogP) is 3.36. The van der Waals surface area contributed by atoms with Gasteiger partial charge in [-0.2, -0.15) is 0 Å². The van der Waals surface area contributed by atoms with Crippen molar-refractivity contribution >= 4 is 28.6 Å². The van der Waals surface area contributed by atoms with Gasteiger partial charge in [0.2, 0.25) is 5.91 Å². The van der Waals surface area contributed by atoms with Crippen molar-refractivity contribution in [1.29, 1.82) is 0 Å².